The van der Waals surface area contributed by atoms with E-state index in [4.69, 9.17) is 4.42 Å². The summed E-state index contributed by atoms with van der Waals surface area (Å²) in [5.41, 5.74) is 2.64. The molecule has 24 heavy (non-hydrogen) atoms. The van der Waals surface area contributed by atoms with Gasteiger partial charge in [-0.05, 0) is 71.2 Å². The van der Waals surface area contributed by atoms with Crippen molar-refractivity contribution in [3.63, 3.8) is 0 Å². The molecule has 0 aliphatic carbocycles. The van der Waals surface area contributed by atoms with Crippen molar-refractivity contribution >= 4 is 37.4 Å². The van der Waals surface area contributed by atoms with E-state index in [1.54, 1.807) is 18.2 Å². The summed E-state index contributed by atoms with van der Waals surface area (Å²) in [6.07, 6.45) is 1.54. The molecule has 2 heterocycles. The molecule has 5 nitrogen and oxygen atoms in total. The summed E-state index contributed by atoms with van der Waals surface area (Å²) in [5, 5.41) is 1.17. The molecule has 0 radical (unpaired) electrons. The number of anilines is 1. The van der Waals surface area contributed by atoms with Crippen molar-refractivity contribution in [3.8, 4) is 0 Å². The Morgan fingerprint density at radius 1 is 1.21 bits per heavy atom. The van der Waals surface area contributed by atoms with Gasteiger partial charge in [-0.15, -0.1) is 0 Å². The topological polar surface area (TPSA) is 67.6 Å². The number of aryl methyl sites for hydroxylation is 2. The molecule has 1 atom stereocenters. The van der Waals surface area contributed by atoms with Crippen molar-refractivity contribution in [1.29, 1.82) is 0 Å². The van der Waals surface area contributed by atoms with Crippen LogP contribution in [0.4, 0.5) is 5.69 Å². The first-order chi connectivity index (χ1) is 11.2. The first-order valence-corrected chi connectivity index (χ1v) is 9.84. The van der Waals surface area contributed by atoms with Gasteiger partial charge in [0.05, 0.1) is 11.8 Å². The van der Waals surface area contributed by atoms with Crippen LogP contribution in [-0.4, -0.2) is 26.1 Å². The molecule has 0 saturated heterocycles. The first-order valence-electron chi connectivity index (χ1n) is 7.33. The maximum absolute atomic E-state index is 13.0. The van der Waals surface area contributed by atoms with Gasteiger partial charge in [-0.2, -0.15) is 0 Å². The predicted molar refractivity (Wildman–Crippen MR) is 95.8 cm³/mol. The number of halogens is 1. The van der Waals surface area contributed by atoms with Crippen LogP contribution in [0.5, 0.6) is 0 Å². The van der Waals surface area contributed by atoms with Crippen molar-refractivity contribution in [2.75, 3.05) is 10.7 Å². The second-order valence-corrected chi connectivity index (χ2v) is 8.56. The van der Waals surface area contributed by atoms with Gasteiger partial charge in [-0.1, -0.05) is 6.07 Å². The molecule has 0 bridgehead atoms. The molecule has 0 N–H and O–H groups in total. The Kier molecular flexibility index (Phi) is 4.40. The van der Waals surface area contributed by atoms with Gasteiger partial charge in [0.2, 0.25) is 0 Å². The van der Waals surface area contributed by atoms with Gasteiger partial charge in [-0.3, -0.25) is 9.69 Å². The molecule has 126 valence electrons. The fourth-order valence-corrected chi connectivity index (χ4v) is 4.39. The summed E-state index contributed by atoms with van der Waals surface area (Å²) in [4.78, 5) is 14.4. The maximum Gasteiger partial charge on any atom is 0.294 e. The van der Waals surface area contributed by atoms with Gasteiger partial charge in [0.25, 0.3) is 5.91 Å². The molecule has 0 unspecified atom stereocenters. The van der Waals surface area contributed by atoms with E-state index in [2.05, 4.69) is 15.9 Å². The van der Waals surface area contributed by atoms with E-state index in [0.717, 1.165) is 11.1 Å². The highest BCUT2D eigenvalue weighted by molar-refractivity contribution is 9.10. The molecule has 0 fully saturated rings. The monoisotopic (exact) mass is 409 g/mol. The highest BCUT2D eigenvalue weighted by Crippen LogP contribution is 2.28. The molecule has 0 saturated carbocycles. The maximum atomic E-state index is 13.0. The Morgan fingerprint density at radius 3 is 2.38 bits per heavy atom. The number of nitrogens with zero attached hydrogens (tertiary/aromatic N) is 1. The second kappa shape index (κ2) is 6.22. The van der Waals surface area contributed by atoms with Gasteiger partial charge < -0.3 is 4.42 Å². The Labute approximate surface area is 149 Å². The molecular formula is C17H16BrNO4S. The van der Waals surface area contributed by atoms with Crippen LogP contribution in [0.1, 0.15) is 21.7 Å². The van der Waals surface area contributed by atoms with Crippen molar-refractivity contribution in [1.82, 2.24) is 0 Å². The molecule has 3 rings (SSSR count). The largest absolute Gasteiger partial charge is 0.444 e. The zero-order valence-corrected chi connectivity index (χ0v) is 15.6. The van der Waals surface area contributed by atoms with Crippen LogP contribution < -0.4 is 4.90 Å². The Morgan fingerprint density at radius 2 is 1.88 bits per heavy atom. The van der Waals surface area contributed by atoms with Crippen LogP contribution in [0.25, 0.3) is 0 Å². The number of hydrogen-bond donors (Lipinski definition) is 0. The summed E-state index contributed by atoms with van der Waals surface area (Å²) < 4.78 is 29.5. The van der Waals surface area contributed by atoms with Crippen LogP contribution in [0.15, 0.2) is 50.9 Å². The molecule has 2 aromatic rings. The van der Waals surface area contributed by atoms with Crippen LogP contribution >= 0.6 is 15.9 Å². The number of amides is 1. The van der Waals surface area contributed by atoms with E-state index in [1.165, 1.54) is 10.3 Å². The molecule has 7 heteroatoms. The summed E-state index contributed by atoms with van der Waals surface area (Å²) in [6, 6.07) is 8.36. The summed E-state index contributed by atoms with van der Waals surface area (Å²) in [7, 11) is -3.29. The van der Waals surface area contributed by atoms with Crippen molar-refractivity contribution in [2.24, 2.45) is 0 Å². The number of carbonyl (C=O) groups is 1. The third-order valence-corrected chi connectivity index (χ3v) is 5.53. The van der Waals surface area contributed by atoms with Gasteiger partial charge in [0, 0.05) is 11.1 Å². The fourth-order valence-electron chi connectivity index (χ4n) is 2.82. The molecular weight excluding hydrogens is 394 g/mol. The number of hydrogen-bond acceptors (Lipinski definition) is 4. The van der Waals surface area contributed by atoms with Gasteiger partial charge in [0.1, 0.15) is 0 Å². The predicted octanol–water partition coefficient (Wildman–Crippen LogP) is 3.62. The number of rotatable bonds is 3. The second-order valence-electron chi connectivity index (χ2n) is 5.85. The van der Waals surface area contributed by atoms with Crippen LogP contribution in [0.2, 0.25) is 0 Å². The standard InChI is InChI=1S/C17H16BrNO4S/c1-11-7-12(2)9-14(8-11)19(13-5-6-24(21,22)10-13)17(20)15-3-4-16(18)23-15/h3-9,13H,10H2,1-2H3/t13-/m0/s1. The number of sulfone groups is 1. The summed E-state index contributed by atoms with van der Waals surface area (Å²) in [6.45, 7) is 3.87. The van der Waals surface area contributed by atoms with E-state index in [-0.39, 0.29) is 17.4 Å². The lowest BCUT2D eigenvalue weighted by Crippen LogP contribution is -2.41. The summed E-state index contributed by atoms with van der Waals surface area (Å²) in [5.74, 6) is -0.357. The Balaban J connectivity index is 2.07. The van der Waals surface area contributed by atoms with E-state index in [0.29, 0.717) is 10.4 Å². The molecule has 0 spiro atoms. The lowest BCUT2D eigenvalue weighted by Gasteiger charge is -2.27. The molecule has 1 aliphatic heterocycles. The fraction of sp³-hybridized carbons (Fsp3) is 0.235. The normalized spacial score (nSPS) is 18.7. The molecule has 1 amide bonds. The lowest BCUT2D eigenvalue weighted by atomic mass is 10.1. The van der Waals surface area contributed by atoms with E-state index in [1.807, 2.05) is 32.0 Å². The number of furan rings is 1. The zero-order valence-electron chi connectivity index (χ0n) is 13.2. The molecule has 1 aromatic carbocycles. The molecule has 1 aliphatic rings. The quantitative estimate of drug-likeness (QED) is 0.775. The lowest BCUT2D eigenvalue weighted by molar-refractivity contribution is 0.0955. The van der Waals surface area contributed by atoms with Crippen molar-refractivity contribution in [3.05, 3.63) is 63.4 Å². The van der Waals surface area contributed by atoms with E-state index in [9.17, 15) is 13.2 Å². The SMILES string of the molecule is Cc1cc(C)cc(N(C(=O)c2ccc(Br)o2)[C@H]2C=CS(=O)(=O)C2)c1. The van der Waals surface area contributed by atoms with Gasteiger partial charge >= 0.3 is 0 Å². The third-order valence-electron chi connectivity index (χ3n) is 3.73. The average Bonchev–Trinajstić information content (AvgIpc) is 3.04. The minimum absolute atomic E-state index is 0.131. The van der Waals surface area contributed by atoms with Gasteiger partial charge in [-0.25, -0.2) is 8.42 Å². The smallest absolute Gasteiger partial charge is 0.294 e. The highest BCUT2D eigenvalue weighted by atomic mass is 79.9. The highest BCUT2D eigenvalue weighted by Gasteiger charge is 2.33. The van der Waals surface area contributed by atoms with E-state index >= 15 is 0 Å². The Bertz CT molecular complexity index is 910. The van der Waals surface area contributed by atoms with Crippen LogP contribution in [0.3, 0.4) is 0 Å². The minimum atomic E-state index is -3.29. The Hall–Kier alpha value is -1.86. The zero-order chi connectivity index (χ0) is 17.5. The van der Waals surface area contributed by atoms with Gasteiger partial charge in [0.15, 0.2) is 20.3 Å². The first kappa shape index (κ1) is 17.0. The van der Waals surface area contributed by atoms with Crippen molar-refractivity contribution in [2.45, 2.75) is 19.9 Å². The summed E-state index contributed by atoms with van der Waals surface area (Å²) >= 11 is 3.18. The van der Waals surface area contributed by atoms with Crippen LogP contribution in [0, 0.1) is 13.8 Å². The number of carbonyl (C=O) groups excluding carboxylic acids is 1. The van der Waals surface area contributed by atoms with Crippen LogP contribution in [-0.2, 0) is 9.84 Å². The minimum Gasteiger partial charge on any atom is -0.444 e. The molecule has 1 aromatic heterocycles. The number of benzene rings is 1. The average molecular weight is 410 g/mol. The van der Waals surface area contributed by atoms with E-state index < -0.39 is 15.9 Å². The van der Waals surface area contributed by atoms with Crippen molar-refractivity contribution < 1.29 is 17.6 Å². The third kappa shape index (κ3) is 3.47.